The lowest BCUT2D eigenvalue weighted by molar-refractivity contribution is 0.0750. The molecule has 0 radical (unpaired) electrons. The van der Waals surface area contributed by atoms with Crippen molar-refractivity contribution in [3.8, 4) is 5.75 Å². The Morgan fingerprint density at radius 2 is 2.07 bits per heavy atom. The second-order valence-corrected chi connectivity index (χ2v) is 7.60. The first-order chi connectivity index (χ1) is 13.8. The molecule has 2 aromatic rings. The van der Waals surface area contributed by atoms with E-state index < -0.39 is 17.9 Å². The van der Waals surface area contributed by atoms with Gasteiger partial charge in [0.15, 0.2) is 23.4 Å². The molecule has 0 saturated carbocycles. The first-order valence-electron chi connectivity index (χ1n) is 9.20. The van der Waals surface area contributed by atoms with Crippen molar-refractivity contribution in [2.24, 2.45) is 0 Å². The zero-order valence-electron chi connectivity index (χ0n) is 16.4. The van der Waals surface area contributed by atoms with E-state index in [1.165, 1.54) is 9.80 Å². The Hall–Kier alpha value is -2.77. The van der Waals surface area contributed by atoms with Crippen LogP contribution in [-0.4, -0.2) is 40.0 Å². The van der Waals surface area contributed by atoms with Crippen molar-refractivity contribution in [3.05, 3.63) is 66.4 Å². The van der Waals surface area contributed by atoms with Crippen LogP contribution in [0.3, 0.4) is 0 Å². The van der Waals surface area contributed by atoms with Gasteiger partial charge in [0, 0.05) is 12.6 Å². The number of aromatic nitrogens is 1. The van der Waals surface area contributed by atoms with Crippen LogP contribution in [-0.2, 0) is 5.60 Å². The minimum absolute atomic E-state index is 0.203. The summed E-state index contributed by atoms with van der Waals surface area (Å²) in [5, 5.41) is 15.2. The average Bonchev–Trinajstić information content (AvgIpc) is 3.24. The number of aliphatic hydroxyl groups is 1. The molecule has 0 bridgehead atoms. The highest BCUT2D eigenvalue weighted by Gasteiger charge is 2.46. The summed E-state index contributed by atoms with van der Waals surface area (Å²) in [7, 11) is 0. The summed E-state index contributed by atoms with van der Waals surface area (Å²) in [4.78, 5) is 15.6. The van der Waals surface area contributed by atoms with E-state index in [9.17, 15) is 9.90 Å². The molecule has 1 aromatic heterocycles. The molecule has 1 N–H and O–H groups in total. The molecule has 1 aliphatic heterocycles. The Bertz CT molecular complexity index is 911. The molecule has 8 heteroatoms. The first-order valence-corrected chi connectivity index (χ1v) is 9.58. The van der Waals surface area contributed by atoms with Crippen LogP contribution in [0.2, 0.25) is 5.02 Å². The number of benzene rings is 1. The Morgan fingerprint density at radius 1 is 1.34 bits per heavy atom. The van der Waals surface area contributed by atoms with E-state index in [1.54, 1.807) is 44.2 Å². The van der Waals surface area contributed by atoms with E-state index in [1.807, 2.05) is 12.1 Å². The molecule has 154 valence electrons. The van der Waals surface area contributed by atoms with Crippen molar-refractivity contribution >= 4 is 23.4 Å². The minimum Gasteiger partial charge on any atom is -0.478 e. The highest BCUT2D eigenvalue weighted by Crippen LogP contribution is 2.35. The normalized spacial score (nSPS) is 19.5. The summed E-state index contributed by atoms with van der Waals surface area (Å²) in [5.41, 5.74) is -0.911. The Kier molecular flexibility index (Phi) is 6.00. The smallest absolute Gasteiger partial charge is 0.328 e. The zero-order chi connectivity index (χ0) is 21.2. The van der Waals surface area contributed by atoms with Crippen LogP contribution >= 0.6 is 11.6 Å². The molecule has 1 saturated heterocycles. The molecule has 3 rings (SSSR count). The average molecular weight is 418 g/mol. The summed E-state index contributed by atoms with van der Waals surface area (Å²) >= 11 is 6.18. The largest absolute Gasteiger partial charge is 0.478 e. The van der Waals surface area contributed by atoms with Gasteiger partial charge in [0.05, 0.1) is 11.1 Å². The standard InChI is InChI=1S/C21H24ClN3O4/c1-5-9-15-19(26)25(20(27)24(15)12-6-2)18-13-17(29-23-18)21(3,4)28-16-11-8-7-10-14(16)22/h5-8,10-11,13,15,19,26H,1-2,9,12H2,3-4H3. The van der Waals surface area contributed by atoms with Crippen molar-refractivity contribution in [2.45, 2.75) is 38.1 Å². The number of carbonyl (C=O) groups excluding carboxylic acids is 1. The van der Waals surface area contributed by atoms with E-state index in [-0.39, 0.29) is 11.8 Å². The van der Waals surface area contributed by atoms with Crippen molar-refractivity contribution in [3.63, 3.8) is 0 Å². The maximum absolute atomic E-state index is 12.9. The van der Waals surface area contributed by atoms with Crippen LogP contribution in [0, 0.1) is 0 Å². The minimum atomic E-state index is -1.09. The Morgan fingerprint density at radius 3 is 2.72 bits per heavy atom. The summed E-state index contributed by atoms with van der Waals surface area (Å²) in [6, 6.07) is 7.86. The second-order valence-electron chi connectivity index (χ2n) is 7.19. The van der Waals surface area contributed by atoms with Gasteiger partial charge >= 0.3 is 6.03 Å². The van der Waals surface area contributed by atoms with Crippen LogP contribution in [0.1, 0.15) is 26.0 Å². The van der Waals surface area contributed by atoms with Crippen LogP contribution in [0.25, 0.3) is 0 Å². The van der Waals surface area contributed by atoms with Crippen molar-refractivity contribution in [2.75, 3.05) is 11.4 Å². The highest BCUT2D eigenvalue weighted by molar-refractivity contribution is 6.32. The van der Waals surface area contributed by atoms with Crippen molar-refractivity contribution < 1.29 is 19.2 Å². The number of aliphatic hydroxyl groups excluding tert-OH is 1. The van der Waals surface area contributed by atoms with Gasteiger partial charge in [0.1, 0.15) is 5.75 Å². The van der Waals surface area contributed by atoms with Gasteiger partial charge in [-0.05, 0) is 32.4 Å². The molecule has 2 amide bonds. The van der Waals surface area contributed by atoms with Gasteiger partial charge in [-0.2, -0.15) is 0 Å². The molecule has 2 unspecified atom stereocenters. The number of nitrogens with zero attached hydrogens (tertiary/aromatic N) is 3. The third-order valence-electron chi connectivity index (χ3n) is 4.73. The molecule has 2 heterocycles. The third kappa shape index (κ3) is 4.02. The summed E-state index contributed by atoms with van der Waals surface area (Å²) < 4.78 is 11.5. The van der Waals surface area contributed by atoms with Crippen molar-refractivity contribution in [1.82, 2.24) is 10.1 Å². The van der Waals surface area contributed by atoms with Crippen molar-refractivity contribution in [1.29, 1.82) is 0 Å². The number of hydrogen-bond donors (Lipinski definition) is 1. The molecule has 1 aromatic carbocycles. The number of ether oxygens (including phenoxy) is 1. The molecule has 7 nitrogen and oxygen atoms in total. The molecule has 0 aliphatic carbocycles. The third-order valence-corrected chi connectivity index (χ3v) is 5.05. The fourth-order valence-electron chi connectivity index (χ4n) is 3.25. The number of carbonyl (C=O) groups is 1. The van der Waals surface area contributed by atoms with E-state index in [0.717, 1.165) is 0 Å². The van der Waals surface area contributed by atoms with E-state index in [2.05, 4.69) is 18.3 Å². The Balaban J connectivity index is 1.86. The fourth-order valence-corrected chi connectivity index (χ4v) is 3.42. The van der Waals surface area contributed by atoms with E-state index in [4.69, 9.17) is 20.9 Å². The van der Waals surface area contributed by atoms with Crippen LogP contribution in [0.4, 0.5) is 10.6 Å². The number of hydrogen-bond acceptors (Lipinski definition) is 5. The lowest BCUT2D eigenvalue weighted by Crippen LogP contribution is -2.37. The van der Waals surface area contributed by atoms with Gasteiger partial charge in [-0.25, -0.2) is 9.69 Å². The highest BCUT2D eigenvalue weighted by atomic mass is 35.5. The number of amides is 2. The zero-order valence-corrected chi connectivity index (χ0v) is 17.2. The van der Waals surface area contributed by atoms with Gasteiger partial charge in [-0.3, -0.25) is 0 Å². The first kappa shape index (κ1) is 21.0. The maximum Gasteiger partial charge on any atom is 0.328 e. The molecular weight excluding hydrogens is 394 g/mol. The van der Waals surface area contributed by atoms with Gasteiger partial charge < -0.3 is 19.3 Å². The predicted octanol–water partition coefficient (Wildman–Crippen LogP) is 4.33. The number of halogens is 1. The lowest BCUT2D eigenvalue weighted by Gasteiger charge is -2.24. The van der Waals surface area contributed by atoms with E-state index >= 15 is 0 Å². The summed E-state index contributed by atoms with van der Waals surface area (Å²) in [6.45, 7) is 11.3. The number of urea groups is 1. The predicted molar refractivity (Wildman–Crippen MR) is 111 cm³/mol. The van der Waals surface area contributed by atoms with Crippen LogP contribution in [0.5, 0.6) is 5.75 Å². The number of anilines is 1. The summed E-state index contributed by atoms with van der Waals surface area (Å²) in [6.07, 6.45) is 2.61. The van der Waals surface area contributed by atoms with Gasteiger partial charge in [0.2, 0.25) is 0 Å². The number of rotatable bonds is 8. The topological polar surface area (TPSA) is 79.0 Å². The van der Waals surface area contributed by atoms with E-state index in [0.29, 0.717) is 29.5 Å². The van der Waals surface area contributed by atoms with Crippen LogP contribution in [0.15, 0.2) is 60.2 Å². The van der Waals surface area contributed by atoms with Gasteiger partial charge in [-0.15, -0.1) is 13.2 Å². The Labute approximate surface area is 174 Å². The maximum atomic E-state index is 12.9. The summed E-state index contributed by atoms with van der Waals surface area (Å²) in [5.74, 6) is 1.08. The molecule has 0 spiro atoms. The monoisotopic (exact) mass is 417 g/mol. The molecule has 2 atom stereocenters. The molecule has 1 fully saturated rings. The molecule has 29 heavy (non-hydrogen) atoms. The second kappa shape index (κ2) is 8.31. The number of para-hydroxylation sites is 1. The fraction of sp³-hybridized carbons (Fsp3) is 0.333. The van der Waals surface area contributed by atoms with Gasteiger partial charge in [0.25, 0.3) is 0 Å². The lowest BCUT2D eigenvalue weighted by atomic mass is 10.1. The quantitative estimate of drug-likeness (QED) is 0.646. The van der Waals surface area contributed by atoms with Crippen LogP contribution < -0.4 is 9.64 Å². The molecule has 1 aliphatic rings. The van der Waals surface area contributed by atoms with Gasteiger partial charge in [-0.1, -0.05) is 41.0 Å². The SMILES string of the molecule is C=CCC1C(O)N(c2cc(C(C)(C)Oc3ccccc3Cl)on2)C(=O)N1CC=C. The molecular formula is C21H24ClN3O4.